The molecule has 5 nitrogen and oxygen atoms in total. The fraction of sp³-hybridized carbons (Fsp3) is 0.562. The Morgan fingerprint density at radius 2 is 1.81 bits per heavy atom. The maximum Gasteiger partial charge on any atom is 0.303 e. The SMILES string of the molecule is COCc1cc(OC)c(C(CC(=O)O)C2CC2)c(OC)c1. The molecular weight excluding hydrogens is 272 g/mol. The van der Waals surface area contributed by atoms with Crippen molar-refractivity contribution < 1.29 is 24.1 Å². The highest BCUT2D eigenvalue weighted by Gasteiger charge is 2.37. The summed E-state index contributed by atoms with van der Waals surface area (Å²) < 4.78 is 16.1. The summed E-state index contributed by atoms with van der Waals surface area (Å²) in [4.78, 5) is 11.2. The fourth-order valence-corrected chi connectivity index (χ4v) is 2.80. The molecule has 2 rings (SSSR count). The highest BCUT2D eigenvalue weighted by molar-refractivity contribution is 5.69. The molecule has 0 heterocycles. The van der Waals surface area contributed by atoms with Gasteiger partial charge in [-0.2, -0.15) is 0 Å². The van der Waals surface area contributed by atoms with Crippen molar-refractivity contribution in [3.8, 4) is 11.5 Å². The van der Waals surface area contributed by atoms with Crippen molar-refractivity contribution in [2.75, 3.05) is 21.3 Å². The quantitative estimate of drug-likeness (QED) is 0.798. The summed E-state index contributed by atoms with van der Waals surface area (Å²) in [5.41, 5.74) is 1.81. The predicted octanol–water partition coefficient (Wildman–Crippen LogP) is 2.82. The van der Waals surface area contributed by atoms with Crippen LogP contribution in [-0.4, -0.2) is 32.4 Å². The number of carboxylic acids is 1. The monoisotopic (exact) mass is 294 g/mol. The normalized spacial score (nSPS) is 15.6. The first-order valence-electron chi connectivity index (χ1n) is 7.06. The van der Waals surface area contributed by atoms with Crippen molar-refractivity contribution in [1.82, 2.24) is 0 Å². The van der Waals surface area contributed by atoms with Crippen molar-refractivity contribution in [2.24, 2.45) is 5.92 Å². The third-order valence-electron chi connectivity index (χ3n) is 3.87. The molecule has 0 aliphatic heterocycles. The van der Waals surface area contributed by atoms with Gasteiger partial charge in [0.05, 0.1) is 27.2 Å². The van der Waals surface area contributed by atoms with E-state index in [4.69, 9.17) is 14.2 Å². The van der Waals surface area contributed by atoms with Crippen LogP contribution in [0.25, 0.3) is 0 Å². The van der Waals surface area contributed by atoms with Crippen LogP contribution >= 0.6 is 0 Å². The number of carboxylic acid groups (broad SMARTS) is 1. The first kappa shape index (κ1) is 15.6. The average molecular weight is 294 g/mol. The molecule has 21 heavy (non-hydrogen) atoms. The highest BCUT2D eigenvalue weighted by Crippen LogP contribution is 2.50. The molecule has 1 aliphatic carbocycles. The standard InChI is InChI=1S/C16H22O5/c1-19-9-10-6-13(20-2)16(14(7-10)21-3)12(8-15(17)18)11-4-5-11/h6-7,11-12H,4-5,8-9H2,1-3H3,(H,17,18). The number of hydrogen-bond acceptors (Lipinski definition) is 4. The average Bonchev–Trinajstić information content (AvgIpc) is 3.28. The van der Waals surface area contributed by atoms with Crippen LogP contribution in [0, 0.1) is 5.92 Å². The topological polar surface area (TPSA) is 65.0 Å². The van der Waals surface area contributed by atoms with Gasteiger partial charge in [0.1, 0.15) is 11.5 Å². The molecule has 0 bridgehead atoms. The van der Waals surface area contributed by atoms with E-state index in [1.807, 2.05) is 12.1 Å². The van der Waals surface area contributed by atoms with Crippen LogP contribution < -0.4 is 9.47 Å². The van der Waals surface area contributed by atoms with E-state index in [0.29, 0.717) is 24.0 Å². The Bertz CT molecular complexity index is 482. The molecule has 1 N–H and O–H groups in total. The van der Waals surface area contributed by atoms with E-state index in [0.717, 1.165) is 24.0 Å². The lowest BCUT2D eigenvalue weighted by Crippen LogP contribution is -2.11. The zero-order valence-corrected chi connectivity index (χ0v) is 12.7. The summed E-state index contributed by atoms with van der Waals surface area (Å²) in [6.07, 6.45) is 2.22. The predicted molar refractivity (Wildman–Crippen MR) is 78.0 cm³/mol. The van der Waals surface area contributed by atoms with E-state index in [1.165, 1.54) is 0 Å². The molecule has 116 valence electrons. The van der Waals surface area contributed by atoms with Gasteiger partial charge >= 0.3 is 5.97 Å². The molecule has 1 aliphatic rings. The number of carbonyl (C=O) groups is 1. The number of methoxy groups -OCH3 is 3. The van der Waals surface area contributed by atoms with Crippen LogP contribution in [0.4, 0.5) is 0 Å². The molecule has 1 aromatic carbocycles. The van der Waals surface area contributed by atoms with Crippen LogP contribution in [0.2, 0.25) is 0 Å². The molecule has 5 heteroatoms. The minimum absolute atomic E-state index is 0.0657. The van der Waals surface area contributed by atoms with Crippen LogP contribution in [0.3, 0.4) is 0 Å². The van der Waals surface area contributed by atoms with Crippen LogP contribution in [0.1, 0.15) is 36.3 Å². The molecular formula is C16H22O5. The zero-order valence-electron chi connectivity index (χ0n) is 12.7. The summed E-state index contributed by atoms with van der Waals surface area (Å²) in [5, 5.41) is 9.19. The lowest BCUT2D eigenvalue weighted by molar-refractivity contribution is -0.137. The van der Waals surface area contributed by atoms with Gasteiger partial charge in [-0.25, -0.2) is 0 Å². The summed E-state index contributed by atoms with van der Waals surface area (Å²) >= 11 is 0. The van der Waals surface area contributed by atoms with Gasteiger partial charge < -0.3 is 19.3 Å². The van der Waals surface area contributed by atoms with Crippen molar-refractivity contribution >= 4 is 5.97 Å². The number of rotatable bonds is 8. The van der Waals surface area contributed by atoms with Gasteiger partial charge in [-0.15, -0.1) is 0 Å². The molecule has 0 radical (unpaired) electrons. The Kier molecular flexibility index (Phi) is 5.07. The first-order valence-corrected chi connectivity index (χ1v) is 7.06. The van der Waals surface area contributed by atoms with Crippen LogP contribution in [0.15, 0.2) is 12.1 Å². The van der Waals surface area contributed by atoms with Gasteiger partial charge in [-0.05, 0) is 36.5 Å². The lowest BCUT2D eigenvalue weighted by atomic mass is 9.88. The molecule has 0 amide bonds. The van der Waals surface area contributed by atoms with Gasteiger partial charge in [-0.3, -0.25) is 4.79 Å². The minimum Gasteiger partial charge on any atom is -0.496 e. The van der Waals surface area contributed by atoms with E-state index >= 15 is 0 Å². The summed E-state index contributed by atoms with van der Waals surface area (Å²) in [6, 6.07) is 3.80. The van der Waals surface area contributed by atoms with Gasteiger partial charge in [0.25, 0.3) is 0 Å². The van der Waals surface area contributed by atoms with E-state index < -0.39 is 5.97 Å². The van der Waals surface area contributed by atoms with Crippen molar-refractivity contribution in [3.63, 3.8) is 0 Å². The van der Waals surface area contributed by atoms with E-state index in [1.54, 1.807) is 21.3 Å². The highest BCUT2D eigenvalue weighted by atomic mass is 16.5. The van der Waals surface area contributed by atoms with Crippen LogP contribution in [0.5, 0.6) is 11.5 Å². The second-order valence-electron chi connectivity index (χ2n) is 5.39. The van der Waals surface area contributed by atoms with E-state index in [2.05, 4.69) is 0 Å². The summed E-state index contributed by atoms with van der Waals surface area (Å²) in [7, 11) is 4.82. The molecule has 1 atom stereocenters. The maximum atomic E-state index is 11.2. The molecule has 1 fully saturated rings. The van der Waals surface area contributed by atoms with Crippen molar-refractivity contribution in [2.45, 2.75) is 31.8 Å². The molecule has 1 aromatic rings. The number of benzene rings is 1. The smallest absolute Gasteiger partial charge is 0.303 e. The molecule has 0 aromatic heterocycles. The summed E-state index contributed by atoms with van der Waals surface area (Å²) in [6.45, 7) is 0.458. The number of ether oxygens (including phenoxy) is 3. The Hall–Kier alpha value is -1.75. The van der Waals surface area contributed by atoms with Gasteiger partial charge in [0, 0.05) is 18.6 Å². The first-order chi connectivity index (χ1) is 10.1. The van der Waals surface area contributed by atoms with Crippen LogP contribution in [-0.2, 0) is 16.1 Å². The third-order valence-corrected chi connectivity index (χ3v) is 3.87. The van der Waals surface area contributed by atoms with Gasteiger partial charge in [-0.1, -0.05) is 0 Å². The molecule has 0 spiro atoms. The third kappa shape index (κ3) is 3.67. The molecule has 1 saturated carbocycles. The fourth-order valence-electron chi connectivity index (χ4n) is 2.80. The van der Waals surface area contributed by atoms with Crippen molar-refractivity contribution in [3.05, 3.63) is 23.3 Å². The van der Waals surface area contributed by atoms with E-state index in [-0.39, 0.29) is 12.3 Å². The van der Waals surface area contributed by atoms with Gasteiger partial charge in [0.15, 0.2) is 0 Å². The Morgan fingerprint density at radius 3 is 2.19 bits per heavy atom. The summed E-state index contributed by atoms with van der Waals surface area (Å²) in [5.74, 6) is 0.900. The molecule has 1 unspecified atom stereocenters. The Morgan fingerprint density at radius 1 is 1.24 bits per heavy atom. The van der Waals surface area contributed by atoms with Crippen molar-refractivity contribution in [1.29, 1.82) is 0 Å². The Balaban J connectivity index is 2.45. The Labute approximate surface area is 124 Å². The minimum atomic E-state index is -0.794. The second kappa shape index (κ2) is 6.80. The zero-order chi connectivity index (χ0) is 15.4. The molecule has 0 saturated heterocycles. The van der Waals surface area contributed by atoms with Gasteiger partial charge in [0.2, 0.25) is 0 Å². The number of hydrogen-bond donors (Lipinski definition) is 1. The maximum absolute atomic E-state index is 11.2. The lowest BCUT2D eigenvalue weighted by Gasteiger charge is -2.22. The largest absolute Gasteiger partial charge is 0.496 e. The number of aliphatic carboxylic acids is 1. The van der Waals surface area contributed by atoms with E-state index in [9.17, 15) is 9.90 Å². The second-order valence-corrected chi connectivity index (χ2v) is 5.39.